The van der Waals surface area contributed by atoms with E-state index in [0.717, 1.165) is 29.0 Å². The second-order valence-electron chi connectivity index (χ2n) is 7.31. The van der Waals surface area contributed by atoms with E-state index in [1.807, 2.05) is 0 Å². The summed E-state index contributed by atoms with van der Waals surface area (Å²) >= 11 is 2.09. The van der Waals surface area contributed by atoms with Crippen molar-refractivity contribution >= 4 is 28.6 Å². The molecule has 4 aromatic rings. The second-order valence-corrected chi connectivity index (χ2v) is 9.10. The summed E-state index contributed by atoms with van der Waals surface area (Å²) in [6.07, 6.45) is -5.36. The number of hydrogen-bond donors (Lipinski definition) is 2. The standard InChI is InChI=1S/C23H17F3N2O5S2/c24-23(25,26)15-3-1-2-14(9-15)18(33-21(30)17-11-34-12-27-17)10-32-16-6-4-13(5-7-16)8-19-20(29)28-22(31)35-19/h1-7,9,11-12,18,29H,8,10H2,(H,28,31)/t18-/m0/s1. The first-order valence-electron chi connectivity index (χ1n) is 10.1. The third-order valence-corrected chi connectivity index (χ3v) is 6.32. The lowest BCUT2D eigenvalue weighted by Crippen LogP contribution is -2.19. The van der Waals surface area contributed by atoms with Gasteiger partial charge in [-0.1, -0.05) is 35.6 Å². The van der Waals surface area contributed by atoms with Gasteiger partial charge in [-0.3, -0.25) is 9.78 Å². The number of aromatic amines is 1. The van der Waals surface area contributed by atoms with Crippen molar-refractivity contribution in [2.45, 2.75) is 18.7 Å². The quantitative estimate of drug-likeness (QED) is 0.309. The van der Waals surface area contributed by atoms with Crippen LogP contribution in [0, 0.1) is 0 Å². The van der Waals surface area contributed by atoms with Crippen molar-refractivity contribution in [2.24, 2.45) is 0 Å². The fourth-order valence-electron chi connectivity index (χ4n) is 3.15. The third kappa shape index (κ3) is 6.28. The number of aromatic nitrogens is 2. The number of esters is 1. The zero-order chi connectivity index (χ0) is 25.0. The van der Waals surface area contributed by atoms with Crippen LogP contribution in [0.25, 0.3) is 0 Å². The van der Waals surface area contributed by atoms with E-state index in [1.165, 1.54) is 34.4 Å². The van der Waals surface area contributed by atoms with Crippen LogP contribution in [0.3, 0.4) is 0 Å². The predicted octanol–water partition coefficient (Wildman–Crippen LogP) is 5.19. The van der Waals surface area contributed by atoms with Gasteiger partial charge in [-0.15, -0.1) is 11.3 Å². The summed E-state index contributed by atoms with van der Waals surface area (Å²) in [4.78, 5) is 30.1. The highest BCUT2D eigenvalue weighted by molar-refractivity contribution is 7.09. The van der Waals surface area contributed by atoms with Crippen LogP contribution in [0.5, 0.6) is 11.6 Å². The largest absolute Gasteiger partial charge is 0.494 e. The molecule has 0 saturated heterocycles. The summed E-state index contributed by atoms with van der Waals surface area (Å²) in [5, 5.41) is 11.2. The molecule has 2 heterocycles. The number of carbonyl (C=O) groups is 1. The number of aromatic hydroxyl groups is 1. The van der Waals surface area contributed by atoms with E-state index in [1.54, 1.807) is 24.3 Å². The van der Waals surface area contributed by atoms with Crippen LogP contribution >= 0.6 is 22.7 Å². The van der Waals surface area contributed by atoms with E-state index in [0.29, 0.717) is 17.0 Å². The number of ether oxygens (including phenoxy) is 2. The Morgan fingerprint density at radius 1 is 1.17 bits per heavy atom. The molecule has 0 aliphatic heterocycles. The lowest BCUT2D eigenvalue weighted by molar-refractivity contribution is -0.137. The number of benzene rings is 2. The highest BCUT2D eigenvalue weighted by Gasteiger charge is 2.31. The van der Waals surface area contributed by atoms with Crippen LogP contribution in [-0.2, 0) is 17.3 Å². The normalized spacial score (nSPS) is 12.3. The molecule has 2 aromatic heterocycles. The SMILES string of the molecule is O=C(O[C@@H](COc1ccc(Cc2sc(=O)[nH]c2O)cc1)c1cccc(C(F)(F)F)c1)c1cscn1. The molecule has 0 aliphatic rings. The minimum absolute atomic E-state index is 0.0478. The highest BCUT2D eigenvalue weighted by atomic mass is 32.1. The molecular weight excluding hydrogens is 505 g/mol. The molecule has 0 radical (unpaired) electrons. The molecule has 35 heavy (non-hydrogen) atoms. The summed E-state index contributed by atoms with van der Waals surface area (Å²) < 4.78 is 50.8. The van der Waals surface area contributed by atoms with Crippen molar-refractivity contribution in [3.63, 3.8) is 0 Å². The maximum absolute atomic E-state index is 13.2. The number of nitrogens with one attached hydrogen (secondary N) is 1. The zero-order valence-corrected chi connectivity index (χ0v) is 19.4. The Labute approximate surface area is 204 Å². The maximum Gasteiger partial charge on any atom is 0.416 e. The van der Waals surface area contributed by atoms with E-state index in [4.69, 9.17) is 9.47 Å². The molecule has 0 bridgehead atoms. The molecule has 0 spiro atoms. The van der Waals surface area contributed by atoms with Crippen LogP contribution in [0.1, 0.15) is 38.2 Å². The van der Waals surface area contributed by atoms with Gasteiger partial charge in [0, 0.05) is 11.8 Å². The minimum Gasteiger partial charge on any atom is -0.494 e. The number of thiazole rings is 2. The Balaban J connectivity index is 1.49. The molecular formula is C23H17F3N2O5S2. The minimum atomic E-state index is -4.56. The maximum atomic E-state index is 13.2. The summed E-state index contributed by atoms with van der Waals surface area (Å²) in [6, 6.07) is 11.2. The molecule has 0 unspecified atom stereocenters. The smallest absolute Gasteiger partial charge is 0.416 e. The number of nitrogens with zero attached hydrogens (tertiary/aromatic N) is 1. The molecule has 0 saturated carbocycles. The molecule has 2 aromatic carbocycles. The van der Waals surface area contributed by atoms with E-state index >= 15 is 0 Å². The summed E-state index contributed by atoms with van der Waals surface area (Å²) in [5.74, 6) is -0.564. The summed E-state index contributed by atoms with van der Waals surface area (Å²) in [7, 11) is 0. The first kappa shape index (κ1) is 24.5. The number of alkyl halides is 3. The number of hydrogen-bond acceptors (Lipinski definition) is 8. The van der Waals surface area contributed by atoms with Crippen molar-refractivity contribution in [1.82, 2.24) is 9.97 Å². The first-order valence-corrected chi connectivity index (χ1v) is 11.8. The second kappa shape index (κ2) is 10.3. The molecule has 182 valence electrons. The molecule has 0 aliphatic carbocycles. The average molecular weight is 523 g/mol. The van der Waals surface area contributed by atoms with E-state index < -0.39 is 23.8 Å². The number of carbonyl (C=O) groups excluding carboxylic acids is 1. The van der Waals surface area contributed by atoms with Crippen molar-refractivity contribution in [1.29, 1.82) is 0 Å². The van der Waals surface area contributed by atoms with Gasteiger partial charge in [0.1, 0.15) is 12.4 Å². The third-order valence-electron chi connectivity index (χ3n) is 4.87. The van der Waals surface area contributed by atoms with Gasteiger partial charge in [-0.2, -0.15) is 13.2 Å². The molecule has 0 amide bonds. The van der Waals surface area contributed by atoms with E-state index in [-0.39, 0.29) is 28.6 Å². The van der Waals surface area contributed by atoms with Crippen molar-refractivity contribution < 1.29 is 32.5 Å². The first-order chi connectivity index (χ1) is 16.7. The lowest BCUT2D eigenvalue weighted by atomic mass is 10.1. The monoisotopic (exact) mass is 522 g/mol. The van der Waals surface area contributed by atoms with Crippen LogP contribution in [-0.4, -0.2) is 27.7 Å². The van der Waals surface area contributed by atoms with Gasteiger partial charge in [0.2, 0.25) is 5.88 Å². The molecule has 1 atom stereocenters. The van der Waals surface area contributed by atoms with Gasteiger partial charge in [-0.25, -0.2) is 9.78 Å². The number of H-pyrrole nitrogens is 1. The fourth-order valence-corrected chi connectivity index (χ4v) is 4.43. The Bertz CT molecular complexity index is 1350. The molecule has 12 heteroatoms. The Morgan fingerprint density at radius 2 is 1.94 bits per heavy atom. The van der Waals surface area contributed by atoms with Crippen LogP contribution in [0.2, 0.25) is 0 Å². The molecule has 2 N–H and O–H groups in total. The van der Waals surface area contributed by atoms with Crippen molar-refractivity contribution in [3.05, 3.63) is 96.4 Å². The topological polar surface area (TPSA) is 102 Å². The van der Waals surface area contributed by atoms with Gasteiger partial charge in [0.25, 0.3) is 0 Å². The van der Waals surface area contributed by atoms with Gasteiger partial charge < -0.3 is 14.6 Å². The van der Waals surface area contributed by atoms with Crippen molar-refractivity contribution in [2.75, 3.05) is 6.61 Å². The lowest BCUT2D eigenvalue weighted by Gasteiger charge is -2.20. The molecule has 7 nitrogen and oxygen atoms in total. The fraction of sp³-hybridized carbons (Fsp3) is 0.174. The Morgan fingerprint density at radius 3 is 2.57 bits per heavy atom. The van der Waals surface area contributed by atoms with E-state index in [9.17, 15) is 27.9 Å². The van der Waals surface area contributed by atoms with Gasteiger partial charge >= 0.3 is 17.0 Å². The van der Waals surface area contributed by atoms with Crippen LogP contribution < -0.4 is 9.61 Å². The average Bonchev–Trinajstić information content (AvgIpc) is 3.47. The van der Waals surface area contributed by atoms with Crippen molar-refractivity contribution in [3.8, 4) is 11.6 Å². The summed E-state index contributed by atoms with van der Waals surface area (Å²) in [6.45, 7) is -0.239. The van der Waals surface area contributed by atoms with Gasteiger partial charge in [0.05, 0.1) is 16.0 Å². The highest BCUT2D eigenvalue weighted by Crippen LogP contribution is 2.32. The number of rotatable bonds is 8. The number of halogens is 3. The van der Waals surface area contributed by atoms with Crippen LogP contribution in [0.4, 0.5) is 13.2 Å². The van der Waals surface area contributed by atoms with Crippen LogP contribution in [0.15, 0.2) is 64.2 Å². The van der Waals surface area contributed by atoms with E-state index in [2.05, 4.69) is 9.97 Å². The van der Waals surface area contributed by atoms with Gasteiger partial charge in [-0.05, 0) is 35.4 Å². The predicted molar refractivity (Wildman–Crippen MR) is 123 cm³/mol. The Kier molecular flexibility index (Phi) is 7.22. The summed E-state index contributed by atoms with van der Waals surface area (Å²) in [5.41, 5.74) is 1.54. The molecule has 0 fully saturated rings. The zero-order valence-electron chi connectivity index (χ0n) is 17.7. The molecule has 4 rings (SSSR count). The Hall–Kier alpha value is -3.64. The van der Waals surface area contributed by atoms with Gasteiger partial charge in [0.15, 0.2) is 11.8 Å².